The van der Waals surface area contributed by atoms with E-state index in [9.17, 15) is 14.9 Å². The SMILES string of the molecule is Cc1cccc([N+](=O)[O-])c1NCCC(=O)NCC(C)C. The highest BCUT2D eigenvalue weighted by Crippen LogP contribution is 2.27. The number of para-hydroxylation sites is 1. The second-order valence-corrected chi connectivity index (χ2v) is 5.10. The fourth-order valence-electron chi connectivity index (χ4n) is 1.74. The number of amides is 1. The first kappa shape index (κ1) is 15.9. The van der Waals surface area contributed by atoms with Gasteiger partial charge >= 0.3 is 0 Å². The molecule has 0 unspecified atom stereocenters. The maximum atomic E-state index is 11.6. The number of anilines is 1. The predicted molar refractivity (Wildman–Crippen MR) is 78.8 cm³/mol. The fourth-order valence-corrected chi connectivity index (χ4v) is 1.74. The van der Waals surface area contributed by atoms with Crippen LogP contribution >= 0.6 is 0 Å². The van der Waals surface area contributed by atoms with Gasteiger partial charge in [0.15, 0.2) is 0 Å². The van der Waals surface area contributed by atoms with E-state index in [-0.39, 0.29) is 18.0 Å². The second kappa shape index (κ2) is 7.47. The lowest BCUT2D eigenvalue weighted by molar-refractivity contribution is -0.384. The summed E-state index contributed by atoms with van der Waals surface area (Å²) in [6, 6.07) is 4.90. The molecule has 1 rings (SSSR count). The van der Waals surface area contributed by atoms with Crippen LogP contribution in [0, 0.1) is 23.0 Å². The van der Waals surface area contributed by atoms with E-state index in [0.717, 1.165) is 5.56 Å². The second-order valence-electron chi connectivity index (χ2n) is 5.10. The van der Waals surface area contributed by atoms with Crippen LogP contribution in [0.5, 0.6) is 0 Å². The molecule has 0 aliphatic rings. The molecule has 6 nitrogen and oxygen atoms in total. The molecule has 0 saturated heterocycles. The molecule has 2 N–H and O–H groups in total. The summed E-state index contributed by atoms with van der Waals surface area (Å²) in [5, 5.41) is 16.7. The van der Waals surface area contributed by atoms with E-state index in [4.69, 9.17) is 0 Å². The Morgan fingerprint density at radius 1 is 1.40 bits per heavy atom. The van der Waals surface area contributed by atoms with Crippen molar-refractivity contribution >= 4 is 17.3 Å². The van der Waals surface area contributed by atoms with E-state index < -0.39 is 4.92 Å². The Balaban J connectivity index is 2.54. The largest absolute Gasteiger partial charge is 0.379 e. The lowest BCUT2D eigenvalue weighted by atomic mass is 10.1. The van der Waals surface area contributed by atoms with Gasteiger partial charge in [-0.2, -0.15) is 0 Å². The molecular formula is C14H21N3O3. The average Bonchev–Trinajstić information content (AvgIpc) is 2.37. The summed E-state index contributed by atoms with van der Waals surface area (Å²) in [6.07, 6.45) is 0.290. The number of hydrogen-bond donors (Lipinski definition) is 2. The highest BCUT2D eigenvalue weighted by atomic mass is 16.6. The number of nitrogens with one attached hydrogen (secondary N) is 2. The smallest absolute Gasteiger partial charge is 0.292 e. The maximum absolute atomic E-state index is 11.6. The van der Waals surface area contributed by atoms with Gasteiger partial charge in [0.05, 0.1) is 4.92 Å². The topological polar surface area (TPSA) is 84.3 Å². The number of nitrogens with zero attached hydrogens (tertiary/aromatic N) is 1. The molecule has 0 aliphatic carbocycles. The number of benzene rings is 1. The fraction of sp³-hybridized carbons (Fsp3) is 0.500. The van der Waals surface area contributed by atoms with Gasteiger partial charge in [-0.3, -0.25) is 14.9 Å². The number of carbonyl (C=O) groups is 1. The molecule has 1 aromatic rings. The van der Waals surface area contributed by atoms with Crippen molar-refractivity contribution in [3.05, 3.63) is 33.9 Å². The third-order valence-electron chi connectivity index (χ3n) is 2.81. The van der Waals surface area contributed by atoms with Crippen LogP contribution in [0.2, 0.25) is 0 Å². The van der Waals surface area contributed by atoms with E-state index in [2.05, 4.69) is 10.6 Å². The lowest BCUT2D eigenvalue weighted by Crippen LogP contribution is -2.28. The summed E-state index contributed by atoms with van der Waals surface area (Å²) in [5.41, 5.74) is 1.31. The quantitative estimate of drug-likeness (QED) is 0.593. The minimum atomic E-state index is -0.422. The highest BCUT2D eigenvalue weighted by molar-refractivity contribution is 5.76. The molecule has 0 heterocycles. The molecule has 0 aliphatic heterocycles. The summed E-state index contributed by atoms with van der Waals surface area (Å²) in [7, 11) is 0. The summed E-state index contributed by atoms with van der Waals surface area (Å²) in [6.45, 7) is 6.86. The van der Waals surface area contributed by atoms with Crippen LogP contribution in [0.4, 0.5) is 11.4 Å². The van der Waals surface area contributed by atoms with E-state index >= 15 is 0 Å². The first-order valence-electron chi connectivity index (χ1n) is 6.66. The Morgan fingerprint density at radius 2 is 2.10 bits per heavy atom. The van der Waals surface area contributed by atoms with Crippen LogP contribution in [0.25, 0.3) is 0 Å². The Morgan fingerprint density at radius 3 is 2.70 bits per heavy atom. The van der Waals surface area contributed by atoms with Crippen molar-refractivity contribution in [2.45, 2.75) is 27.2 Å². The van der Waals surface area contributed by atoms with E-state index in [0.29, 0.717) is 24.7 Å². The zero-order valence-corrected chi connectivity index (χ0v) is 12.1. The van der Waals surface area contributed by atoms with Gasteiger partial charge in [0.25, 0.3) is 5.69 Å². The first-order valence-corrected chi connectivity index (χ1v) is 6.66. The van der Waals surface area contributed by atoms with Crippen LogP contribution in [-0.2, 0) is 4.79 Å². The average molecular weight is 279 g/mol. The normalized spacial score (nSPS) is 10.4. The van der Waals surface area contributed by atoms with Gasteiger partial charge < -0.3 is 10.6 Å². The van der Waals surface area contributed by atoms with Crippen LogP contribution in [0.1, 0.15) is 25.8 Å². The molecule has 20 heavy (non-hydrogen) atoms. The van der Waals surface area contributed by atoms with Gasteiger partial charge in [-0.05, 0) is 18.4 Å². The van der Waals surface area contributed by atoms with E-state index in [1.165, 1.54) is 6.07 Å². The third kappa shape index (κ3) is 4.87. The van der Waals surface area contributed by atoms with Crippen molar-refractivity contribution in [3.63, 3.8) is 0 Å². The minimum Gasteiger partial charge on any atom is -0.379 e. The minimum absolute atomic E-state index is 0.0348. The number of rotatable bonds is 7. The molecule has 0 aromatic heterocycles. The standard InChI is InChI=1S/C14H21N3O3/c1-10(2)9-16-13(18)7-8-15-14-11(3)5-4-6-12(14)17(19)20/h4-6,10,15H,7-9H2,1-3H3,(H,16,18). The molecular weight excluding hydrogens is 258 g/mol. The number of nitro groups is 1. The number of aryl methyl sites for hydroxylation is 1. The zero-order valence-electron chi connectivity index (χ0n) is 12.1. The predicted octanol–water partition coefficient (Wildman–Crippen LogP) is 2.48. The molecule has 1 aromatic carbocycles. The van der Waals surface area contributed by atoms with Crippen molar-refractivity contribution in [1.82, 2.24) is 5.32 Å². The van der Waals surface area contributed by atoms with Crippen molar-refractivity contribution < 1.29 is 9.72 Å². The van der Waals surface area contributed by atoms with Gasteiger partial charge in [-0.15, -0.1) is 0 Å². The summed E-state index contributed by atoms with van der Waals surface area (Å²) in [5.74, 6) is 0.354. The van der Waals surface area contributed by atoms with Crippen LogP contribution in [0.3, 0.4) is 0 Å². The van der Waals surface area contributed by atoms with Crippen molar-refractivity contribution in [1.29, 1.82) is 0 Å². The molecule has 0 atom stereocenters. The molecule has 110 valence electrons. The molecule has 0 fully saturated rings. The van der Waals surface area contributed by atoms with Crippen molar-refractivity contribution in [2.75, 3.05) is 18.4 Å². The van der Waals surface area contributed by atoms with Crippen molar-refractivity contribution in [2.24, 2.45) is 5.92 Å². The van der Waals surface area contributed by atoms with Gasteiger partial charge in [-0.1, -0.05) is 26.0 Å². The summed E-state index contributed by atoms with van der Waals surface area (Å²) in [4.78, 5) is 22.1. The number of carbonyl (C=O) groups excluding carboxylic acids is 1. The van der Waals surface area contributed by atoms with Crippen LogP contribution < -0.4 is 10.6 Å². The first-order chi connectivity index (χ1) is 9.41. The molecule has 6 heteroatoms. The Hall–Kier alpha value is -2.11. The number of hydrogen-bond acceptors (Lipinski definition) is 4. The number of nitro benzene ring substituents is 1. The van der Waals surface area contributed by atoms with Gasteiger partial charge in [0, 0.05) is 25.6 Å². The Labute approximate surface area is 118 Å². The monoisotopic (exact) mass is 279 g/mol. The van der Waals surface area contributed by atoms with Gasteiger partial charge in [0.1, 0.15) is 5.69 Å². The van der Waals surface area contributed by atoms with Gasteiger partial charge in [-0.25, -0.2) is 0 Å². The van der Waals surface area contributed by atoms with E-state index in [1.807, 2.05) is 13.8 Å². The lowest BCUT2D eigenvalue weighted by Gasteiger charge is -2.11. The van der Waals surface area contributed by atoms with Crippen LogP contribution in [-0.4, -0.2) is 23.9 Å². The third-order valence-corrected chi connectivity index (χ3v) is 2.81. The van der Waals surface area contributed by atoms with Gasteiger partial charge in [0.2, 0.25) is 5.91 Å². The van der Waals surface area contributed by atoms with E-state index in [1.54, 1.807) is 19.1 Å². The molecule has 0 spiro atoms. The molecule has 1 amide bonds. The zero-order chi connectivity index (χ0) is 15.1. The Kier molecular flexibility index (Phi) is 5.96. The van der Waals surface area contributed by atoms with Crippen LogP contribution in [0.15, 0.2) is 18.2 Å². The maximum Gasteiger partial charge on any atom is 0.292 e. The molecule has 0 bridgehead atoms. The Bertz CT molecular complexity index is 487. The molecule has 0 saturated carbocycles. The summed E-state index contributed by atoms with van der Waals surface area (Å²) >= 11 is 0. The molecule has 0 radical (unpaired) electrons. The highest BCUT2D eigenvalue weighted by Gasteiger charge is 2.15. The summed E-state index contributed by atoms with van der Waals surface area (Å²) < 4.78 is 0. The van der Waals surface area contributed by atoms with Crippen molar-refractivity contribution in [3.8, 4) is 0 Å².